The van der Waals surface area contributed by atoms with E-state index in [0.29, 0.717) is 29.8 Å². The number of carbonyl (C=O) groups is 1. The zero-order valence-electron chi connectivity index (χ0n) is 18.7. The second-order valence-electron chi connectivity index (χ2n) is 8.22. The number of thioether (sulfide) groups is 1. The molecule has 0 aliphatic carbocycles. The van der Waals surface area contributed by atoms with Gasteiger partial charge in [0.05, 0.1) is 19.3 Å². The number of aryl methyl sites for hydroxylation is 1. The Balaban J connectivity index is 1.51. The van der Waals surface area contributed by atoms with Gasteiger partial charge in [0.1, 0.15) is 5.54 Å². The molecule has 0 saturated carbocycles. The number of benzene rings is 1. The molecule has 174 valence electrons. The molecule has 1 aromatic carbocycles. The first-order valence-electron chi connectivity index (χ1n) is 10.8. The van der Waals surface area contributed by atoms with E-state index in [9.17, 15) is 9.18 Å². The van der Waals surface area contributed by atoms with Crippen molar-refractivity contribution in [3.8, 4) is 5.88 Å². The van der Waals surface area contributed by atoms with E-state index in [4.69, 9.17) is 9.73 Å². The number of halogens is 1. The van der Waals surface area contributed by atoms with Gasteiger partial charge in [-0.1, -0.05) is 36.0 Å². The summed E-state index contributed by atoms with van der Waals surface area (Å²) in [6.45, 7) is 2.68. The van der Waals surface area contributed by atoms with Gasteiger partial charge in [0.2, 0.25) is 11.8 Å². The van der Waals surface area contributed by atoms with E-state index in [-0.39, 0.29) is 23.4 Å². The van der Waals surface area contributed by atoms with Crippen molar-refractivity contribution in [3.05, 3.63) is 77.5 Å². The highest BCUT2D eigenvalue weighted by atomic mass is 32.2. The van der Waals surface area contributed by atoms with Crippen LogP contribution in [0, 0.1) is 18.7 Å². The number of nitrogens with zero attached hydrogens (tertiary/aromatic N) is 5. The van der Waals surface area contributed by atoms with Gasteiger partial charge in [0, 0.05) is 41.7 Å². The highest BCUT2D eigenvalue weighted by Gasteiger charge is 2.51. The third-order valence-corrected chi connectivity index (χ3v) is 7.17. The highest BCUT2D eigenvalue weighted by molar-refractivity contribution is 8.13. The number of fused-ring (bicyclic) bond motifs is 1. The summed E-state index contributed by atoms with van der Waals surface area (Å²) in [5.74, 6) is 0.383. The topological polar surface area (TPSA) is 92.6 Å². The summed E-state index contributed by atoms with van der Waals surface area (Å²) in [5, 5.41) is 3.53. The lowest BCUT2D eigenvalue weighted by Gasteiger charge is -2.35. The fourth-order valence-corrected chi connectivity index (χ4v) is 5.53. The number of rotatable bonds is 4. The molecule has 0 spiro atoms. The summed E-state index contributed by atoms with van der Waals surface area (Å²) < 4.78 is 19.4. The van der Waals surface area contributed by atoms with E-state index < -0.39 is 11.4 Å². The zero-order chi connectivity index (χ0) is 23.7. The van der Waals surface area contributed by atoms with Gasteiger partial charge in [-0.3, -0.25) is 9.78 Å². The second-order valence-corrected chi connectivity index (χ2v) is 9.23. The molecule has 5 rings (SSSR count). The molecule has 4 heterocycles. The molecule has 1 fully saturated rings. The molecule has 34 heavy (non-hydrogen) atoms. The summed E-state index contributed by atoms with van der Waals surface area (Å²) >= 11 is 1.51. The first kappa shape index (κ1) is 22.3. The maximum Gasteiger partial charge on any atom is 0.257 e. The number of ether oxygens (including phenoxy) is 1. The van der Waals surface area contributed by atoms with Crippen LogP contribution in [-0.2, 0) is 5.54 Å². The molecule has 2 aliphatic rings. The second kappa shape index (κ2) is 9.02. The van der Waals surface area contributed by atoms with Crippen LogP contribution in [0.4, 0.5) is 10.3 Å². The number of amidine groups is 1. The van der Waals surface area contributed by atoms with Crippen molar-refractivity contribution in [2.75, 3.05) is 30.9 Å². The fraction of sp³-hybridized carbons (Fsp3) is 0.292. The molecule has 0 bridgehead atoms. The molecule has 1 saturated heterocycles. The van der Waals surface area contributed by atoms with Crippen molar-refractivity contribution in [2.45, 2.75) is 12.5 Å². The van der Waals surface area contributed by atoms with E-state index in [2.05, 4.69) is 20.3 Å². The zero-order valence-corrected chi connectivity index (χ0v) is 19.6. The van der Waals surface area contributed by atoms with Gasteiger partial charge in [0.15, 0.2) is 5.17 Å². The van der Waals surface area contributed by atoms with Crippen LogP contribution in [0.15, 0.2) is 59.9 Å². The molecule has 3 aromatic rings. The smallest absolute Gasteiger partial charge is 0.257 e. The molecule has 2 aliphatic heterocycles. The number of pyridine rings is 1. The Bertz CT molecular complexity index is 1240. The van der Waals surface area contributed by atoms with Crippen molar-refractivity contribution in [2.24, 2.45) is 10.9 Å². The predicted molar refractivity (Wildman–Crippen MR) is 129 cm³/mol. The minimum Gasteiger partial charge on any atom is -0.479 e. The van der Waals surface area contributed by atoms with Crippen LogP contribution in [0.3, 0.4) is 0 Å². The van der Waals surface area contributed by atoms with E-state index in [1.807, 2.05) is 41.4 Å². The number of aromatic nitrogens is 3. The molecule has 2 atom stereocenters. The van der Waals surface area contributed by atoms with Gasteiger partial charge in [0.25, 0.3) is 11.8 Å². The molecule has 2 aromatic heterocycles. The van der Waals surface area contributed by atoms with Gasteiger partial charge >= 0.3 is 0 Å². The third-order valence-electron chi connectivity index (χ3n) is 6.14. The van der Waals surface area contributed by atoms with Gasteiger partial charge in [-0.15, -0.1) is 0 Å². The molecule has 0 radical (unpaired) electrons. The standard InChI is InChI=1S/C24H23FN6O2S/c1-15-19(25)21(33-2)29-22(27-15)31-12-18-13-34-23(28-20(32)16-7-4-3-5-8-16)30-24(18,14-31)17-9-6-10-26-11-17/h3-11,18H,12-14H2,1-2H3,(H,28,30,32)/t18-,24?/m0/s1. The minimum absolute atomic E-state index is 0.0820. The van der Waals surface area contributed by atoms with Gasteiger partial charge in [-0.25, -0.2) is 9.98 Å². The van der Waals surface area contributed by atoms with E-state index in [0.717, 1.165) is 11.3 Å². The Morgan fingerprint density at radius 1 is 1.24 bits per heavy atom. The maximum atomic E-state index is 14.3. The van der Waals surface area contributed by atoms with Gasteiger partial charge in [-0.2, -0.15) is 9.37 Å². The van der Waals surface area contributed by atoms with Crippen molar-refractivity contribution in [1.29, 1.82) is 0 Å². The monoisotopic (exact) mass is 478 g/mol. The number of aliphatic imine (C=N–C) groups is 1. The van der Waals surface area contributed by atoms with Crippen LogP contribution >= 0.6 is 11.8 Å². The molecule has 8 nitrogen and oxygen atoms in total. The van der Waals surface area contributed by atoms with Gasteiger partial charge < -0.3 is 15.0 Å². The maximum absolute atomic E-state index is 14.3. The Morgan fingerprint density at radius 3 is 2.79 bits per heavy atom. The number of anilines is 1. The predicted octanol–water partition coefficient (Wildman–Crippen LogP) is 3.19. The lowest BCUT2D eigenvalue weighted by Crippen LogP contribution is -2.42. The number of amides is 1. The Morgan fingerprint density at radius 2 is 2.06 bits per heavy atom. The lowest BCUT2D eigenvalue weighted by molar-refractivity contribution is 0.0977. The van der Waals surface area contributed by atoms with Crippen molar-refractivity contribution in [3.63, 3.8) is 0 Å². The molecular formula is C24H23FN6O2S. The minimum atomic E-state index is -0.655. The average molecular weight is 479 g/mol. The van der Waals surface area contributed by atoms with Crippen LogP contribution in [0.25, 0.3) is 0 Å². The van der Waals surface area contributed by atoms with Gasteiger partial charge in [-0.05, 0) is 25.1 Å². The summed E-state index contributed by atoms with van der Waals surface area (Å²) in [6, 6.07) is 12.9. The fourth-order valence-electron chi connectivity index (χ4n) is 4.39. The van der Waals surface area contributed by atoms with E-state index in [1.54, 1.807) is 25.3 Å². The summed E-state index contributed by atoms with van der Waals surface area (Å²) in [4.78, 5) is 32.8. The third kappa shape index (κ3) is 3.98. The average Bonchev–Trinajstić information content (AvgIpc) is 3.27. The number of carbonyl (C=O) groups excluding carboxylic acids is 1. The summed E-state index contributed by atoms with van der Waals surface area (Å²) in [7, 11) is 1.39. The number of nitrogens with one attached hydrogen (secondary N) is 1. The largest absolute Gasteiger partial charge is 0.479 e. The van der Waals surface area contributed by atoms with Crippen LogP contribution in [0.1, 0.15) is 21.6 Å². The Labute approximate surface area is 200 Å². The number of hydrogen-bond acceptors (Lipinski definition) is 8. The van der Waals surface area contributed by atoms with Crippen LogP contribution in [0.2, 0.25) is 0 Å². The first-order valence-corrected chi connectivity index (χ1v) is 11.8. The summed E-state index contributed by atoms with van der Waals surface area (Å²) in [6.07, 6.45) is 3.53. The molecular weight excluding hydrogens is 455 g/mol. The first-order chi connectivity index (χ1) is 16.5. The Hall–Kier alpha value is -3.53. The Kier molecular flexibility index (Phi) is 5.91. The normalized spacial score (nSPS) is 21.6. The van der Waals surface area contributed by atoms with Crippen molar-refractivity contribution in [1.82, 2.24) is 20.3 Å². The number of hydrogen-bond donors (Lipinski definition) is 1. The van der Waals surface area contributed by atoms with Crippen LogP contribution < -0.4 is 15.0 Å². The number of methoxy groups -OCH3 is 1. The van der Waals surface area contributed by atoms with Crippen LogP contribution in [-0.4, -0.2) is 52.0 Å². The SMILES string of the molecule is COc1nc(N2C[C@H]3CSC(NC(=O)c4ccccc4)=NC3(c3cccnc3)C2)nc(C)c1F. The lowest BCUT2D eigenvalue weighted by atomic mass is 9.83. The molecule has 1 amide bonds. The highest BCUT2D eigenvalue weighted by Crippen LogP contribution is 2.46. The van der Waals surface area contributed by atoms with Crippen molar-refractivity contribution < 1.29 is 13.9 Å². The molecule has 1 N–H and O–H groups in total. The van der Waals surface area contributed by atoms with Crippen LogP contribution in [0.5, 0.6) is 5.88 Å². The van der Waals surface area contributed by atoms with Crippen molar-refractivity contribution >= 4 is 28.8 Å². The van der Waals surface area contributed by atoms with E-state index >= 15 is 0 Å². The molecule has 10 heteroatoms. The quantitative estimate of drug-likeness (QED) is 0.616. The summed E-state index contributed by atoms with van der Waals surface area (Å²) in [5.41, 5.74) is 1.08. The van der Waals surface area contributed by atoms with E-state index in [1.165, 1.54) is 18.9 Å². The molecule has 1 unspecified atom stereocenters.